The van der Waals surface area contributed by atoms with Crippen LogP contribution < -0.4 is 21.3 Å². The van der Waals surface area contributed by atoms with Gasteiger partial charge in [-0.1, -0.05) is 0 Å². The van der Waals surface area contributed by atoms with Crippen molar-refractivity contribution in [3.05, 3.63) is 0 Å². The molecule has 706 valence electrons. The molecule has 0 aliphatic carbocycles. The molecule has 0 aromatic carbocycles. The molecule has 54 heteroatoms. The number of aliphatic hydroxyl groups excluding tert-OH is 27. The first-order valence-electron chi connectivity index (χ1n) is 39.0. The van der Waals surface area contributed by atoms with Gasteiger partial charge >= 0.3 is 0 Å². The Morgan fingerprint density at radius 2 is 0.516 bits per heavy atom. The van der Waals surface area contributed by atoms with Gasteiger partial charge in [0.2, 0.25) is 23.6 Å². The van der Waals surface area contributed by atoms with Crippen LogP contribution in [0.15, 0.2) is 0 Å². The SMILES string of the molecule is CC(=O)N[C@@H]1[C@@H](O)[C@H](O[C@@H]2O[C@H](CO)[C@@H](O[C@@H]3O[C@H](CO[C@H]4O[C@H](CO[C@H]5O[C@H](CO)[C@@H](O)[C@H](O)[C@@H]5O)[C@@H](O)[C@H](O[C@H]5O[C@H](CO)[C@@H](O)[C@H](O)[C@@H]5O)[C@@H]4O)[C@@H](O)[C@H](O[C@H]4O[C@H](CO)[C@@H](O)[C@H](O)[C@@H]4O[C@@H]4O[C@H](CO)[C@@H](O[C@@H]5O[C@H](CO)[C@H](O)[C@H](O)[C@H]5NC(C)=O)[C@H](O[C@@H]5O[C@@H](C)[C@@H](O)[C@@H](O)[C@@H]5O)[C@H]4NC(C)=O)[C@@H]3O)[C@H](O)[C@H]2NC(C)=O)[C@@H](CO)O[C@H]1O. The lowest BCUT2D eigenvalue weighted by atomic mass is 9.93. The van der Waals surface area contributed by atoms with E-state index in [9.17, 15) is 157 Å². The molecule has 10 rings (SSSR count). The summed E-state index contributed by atoms with van der Waals surface area (Å²) in [6.45, 7) is -5.01. The number of carbonyl (C=O) groups excluding carboxylic acids is 4. The standard InChI is InChI=1S/C68H114N4O50/c1-15-33(84)43(94)48(99)65(106-15)119-55-32(72-19(5)83)62(113-26(12-79)54(55)118-60-30(70-17(3)81)40(91)34(85)20(6-73)108-60)122-58-46(97)37(88)23(9-76)111-68(58)121-57-39(90)28(115-67(51(57)102)117-53-25(11-78)112-61(31(42(53)93)71-18(4)82)116-52-24(10-77)107-59(103)29(41(52)92)69-16(2)80)14-105-64-50(101)56(120-66-49(100)45(96)36(87)22(8-75)110-66)38(89)27(114-64)13-104-63-47(98)44(95)35(86)21(7-74)109-63/h15,20-68,73-79,84-103H,6-14H2,1-5H3,(H,69,80)(H,70,81)(H,71,82)(H,72,83)/t15-,20+,21+,22+,23+,24+,25+,26+,27+,28+,29+,30+,31+,32+,33+,34-,35+,36+,37+,38+,39+,40+,41+,42+,43+,44-,45-,46-,47-,48-,49-,50-,51-,52+,53+,54+,55+,56-,57-,58-,59+,60-,61-,62-,63-,64-,65-,66+,67-,68+/m0/s1. The van der Waals surface area contributed by atoms with Crippen molar-refractivity contribution in [1.29, 1.82) is 0 Å². The lowest BCUT2D eigenvalue weighted by molar-refractivity contribution is -0.402. The van der Waals surface area contributed by atoms with E-state index in [1.165, 1.54) is 6.92 Å². The minimum atomic E-state index is -2.65. The number of nitrogens with one attached hydrogen (secondary N) is 4. The molecule has 122 heavy (non-hydrogen) atoms. The van der Waals surface area contributed by atoms with E-state index in [-0.39, 0.29) is 0 Å². The first-order valence-corrected chi connectivity index (χ1v) is 39.0. The second-order valence-corrected chi connectivity index (χ2v) is 31.0. The normalized spacial score (nSPS) is 49.7. The summed E-state index contributed by atoms with van der Waals surface area (Å²) in [7, 11) is 0. The molecule has 10 aliphatic rings. The van der Waals surface area contributed by atoms with E-state index >= 15 is 0 Å². The van der Waals surface area contributed by atoms with Crippen LogP contribution in [0.3, 0.4) is 0 Å². The molecule has 0 radical (unpaired) electrons. The third-order valence-electron chi connectivity index (χ3n) is 22.4. The van der Waals surface area contributed by atoms with Crippen molar-refractivity contribution in [1.82, 2.24) is 21.3 Å². The molecule has 0 aromatic rings. The minimum absolute atomic E-state index is 0.804. The third-order valence-corrected chi connectivity index (χ3v) is 22.4. The van der Waals surface area contributed by atoms with Crippen molar-refractivity contribution < 1.29 is 247 Å². The highest BCUT2D eigenvalue weighted by Crippen LogP contribution is 2.41. The Kier molecular flexibility index (Phi) is 35.8. The summed E-state index contributed by atoms with van der Waals surface area (Å²) in [6, 6.07) is -7.51. The summed E-state index contributed by atoms with van der Waals surface area (Å²) in [6.07, 6.45) is -97.2. The first kappa shape index (κ1) is 100. The monoisotopic (exact) mass is 1790 g/mol. The van der Waals surface area contributed by atoms with Gasteiger partial charge in [-0.2, -0.15) is 0 Å². The summed E-state index contributed by atoms with van der Waals surface area (Å²) in [4.78, 5) is 51.6. The van der Waals surface area contributed by atoms with Gasteiger partial charge in [-0.15, -0.1) is 0 Å². The minimum Gasteiger partial charge on any atom is -0.394 e. The van der Waals surface area contributed by atoms with Crippen molar-refractivity contribution in [3.63, 3.8) is 0 Å². The van der Waals surface area contributed by atoms with Gasteiger partial charge in [0.05, 0.1) is 65.6 Å². The molecular weight excluding hydrogens is 1670 g/mol. The van der Waals surface area contributed by atoms with Gasteiger partial charge in [0.15, 0.2) is 62.9 Å². The van der Waals surface area contributed by atoms with E-state index in [0.29, 0.717) is 0 Å². The maximum atomic E-state index is 13.6. The van der Waals surface area contributed by atoms with Gasteiger partial charge in [-0.25, -0.2) is 0 Å². The quantitative estimate of drug-likeness (QED) is 0.0306. The average molecular weight is 1790 g/mol. The number of carbonyl (C=O) groups is 4. The van der Waals surface area contributed by atoms with Crippen molar-refractivity contribution in [3.8, 4) is 0 Å². The number of aliphatic hydroxyl groups is 27. The zero-order chi connectivity index (χ0) is 89.8. The second kappa shape index (κ2) is 43.6. The Balaban J connectivity index is 1.02. The van der Waals surface area contributed by atoms with E-state index in [1.54, 1.807) is 0 Å². The average Bonchev–Trinajstić information content (AvgIpc) is 0.756. The molecule has 10 fully saturated rings. The Morgan fingerprint density at radius 3 is 1.01 bits per heavy atom. The fraction of sp³-hybridized carbons (Fsp3) is 0.941. The lowest BCUT2D eigenvalue weighted by Gasteiger charge is -2.52. The van der Waals surface area contributed by atoms with E-state index in [0.717, 1.165) is 27.7 Å². The molecule has 10 aliphatic heterocycles. The Morgan fingerprint density at radius 1 is 0.230 bits per heavy atom. The fourth-order valence-corrected chi connectivity index (χ4v) is 15.8. The zero-order valence-electron chi connectivity index (χ0n) is 65.7. The van der Waals surface area contributed by atoms with E-state index < -0.39 is 390 Å². The molecular formula is C68H114N4O50. The number of rotatable bonds is 31. The van der Waals surface area contributed by atoms with Crippen LogP contribution >= 0.6 is 0 Å². The summed E-state index contributed by atoms with van der Waals surface area (Å²) in [5.41, 5.74) is 0. The van der Waals surface area contributed by atoms with E-state index in [2.05, 4.69) is 21.3 Å². The molecule has 0 saturated carbocycles. The Hall–Kier alpha value is -3.96. The predicted octanol–water partition coefficient (Wildman–Crippen LogP) is -21.2. The van der Waals surface area contributed by atoms with Crippen molar-refractivity contribution >= 4 is 23.6 Å². The smallest absolute Gasteiger partial charge is 0.217 e. The molecule has 0 aromatic heterocycles. The van der Waals surface area contributed by atoms with Crippen LogP contribution in [0.1, 0.15) is 34.6 Å². The largest absolute Gasteiger partial charge is 0.394 e. The number of amides is 4. The number of hydrogen-bond acceptors (Lipinski definition) is 50. The van der Waals surface area contributed by atoms with Crippen LogP contribution in [-0.2, 0) is 109 Å². The van der Waals surface area contributed by atoms with Crippen LogP contribution in [0, 0.1) is 0 Å². The van der Waals surface area contributed by atoms with Crippen LogP contribution in [0.5, 0.6) is 0 Å². The van der Waals surface area contributed by atoms with Crippen molar-refractivity contribution in [2.24, 2.45) is 0 Å². The van der Waals surface area contributed by atoms with Gasteiger partial charge < -0.3 is 249 Å². The molecule has 4 amide bonds. The fourth-order valence-electron chi connectivity index (χ4n) is 15.8. The maximum absolute atomic E-state index is 13.6. The van der Waals surface area contributed by atoms with Crippen LogP contribution in [-0.4, -0.2) is 528 Å². The third kappa shape index (κ3) is 22.0. The Labute approximate surface area is 691 Å². The lowest BCUT2D eigenvalue weighted by Crippen LogP contribution is -2.72. The van der Waals surface area contributed by atoms with Gasteiger partial charge in [-0.3, -0.25) is 19.2 Å². The molecule has 31 N–H and O–H groups in total. The Bertz CT molecular complexity index is 3290. The van der Waals surface area contributed by atoms with Crippen LogP contribution in [0.2, 0.25) is 0 Å². The highest BCUT2D eigenvalue weighted by molar-refractivity contribution is 5.74. The molecule has 10 heterocycles. The summed E-state index contributed by atoms with van der Waals surface area (Å²) < 4.78 is 114. The number of hydrogen-bond donors (Lipinski definition) is 31. The van der Waals surface area contributed by atoms with E-state index in [4.69, 9.17) is 90.0 Å². The first-order chi connectivity index (χ1) is 57.7. The molecule has 50 atom stereocenters. The van der Waals surface area contributed by atoms with Gasteiger partial charge in [-0.05, 0) is 6.92 Å². The van der Waals surface area contributed by atoms with Gasteiger partial charge in [0.1, 0.15) is 238 Å². The molecule has 10 saturated heterocycles. The van der Waals surface area contributed by atoms with Gasteiger partial charge in [0.25, 0.3) is 0 Å². The molecule has 0 spiro atoms. The second-order valence-electron chi connectivity index (χ2n) is 31.0. The molecule has 0 bridgehead atoms. The van der Waals surface area contributed by atoms with Crippen LogP contribution in [0.4, 0.5) is 0 Å². The molecule has 0 unspecified atom stereocenters. The van der Waals surface area contributed by atoms with E-state index in [1.807, 2.05) is 0 Å². The maximum Gasteiger partial charge on any atom is 0.217 e. The summed E-state index contributed by atoms with van der Waals surface area (Å²) in [5.74, 6) is -3.68. The van der Waals surface area contributed by atoms with Crippen molar-refractivity contribution in [2.45, 2.75) is 341 Å². The predicted molar refractivity (Wildman–Crippen MR) is 375 cm³/mol. The highest BCUT2D eigenvalue weighted by atomic mass is 16.8. The number of ether oxygens (including phenoxy) is 19. The zero-order valence-corrected chi connectivity index (χ0v) is 65.7. The van der Waals surface area contributed by atoms with Crippen molar-refractivity contribution in [2.75, 3.05) is 59.5 Å². The topological polar surface area (TPSA) is 838 Å². The summed E-state index contributed by atoms with van der Waals surface area (Å²) in [5, 5.41) is 311. The highest BCUT2D eigenvalue weighted by Gasteiger charge is 2.62. The molecule has 54 nitrogen and oxygen atoms in total. The van der Waals surface area contributed by atoms with Gasteiger partial charge in [0, 0.05) is 27.7 Å². The van der Waals surface area contributed by atoms with Crippen LogP contribution in [0.25, 0.3) is 0 Å². The summed E-state index contributed by atoms with van der Waals surface area (Å²) >= 11 is 0.